The first-order valence-corrected chi connectivity index (χ1v) is 8.21. The third kappa shape index (κ3) is 4.48. The van der Waals surface area contributed by atoms with Crippen LogP contribution < -0.4 is 4.74 Å². The van der Waals surface area contributed by atoms with Crippen LogP contribution in [0.2, 0.25) is 0 Å². The van der Waals surface area contributed by atoms with Crippen LogP contribution >= 0.6 is 0 Å². The van der Waals surface area contributed by atoms with Crippen molar-refractivity contribution in [2.45, 2.75) is 0 Å². The maximum absolute atomic E-state index is 12.4. The molecule has 29 heavy (non-hydrogen) atoms. The van der Waals surface area contributed by atoms with E-state index in [4.69, 9.17) is 4.74 Å². The summed E-state index contributed by atoms with van der Waals surface area (Å²) in [6.07, 6.45) is 0. The maximum Gasteiger partial charge on any atom is 0.343 e. The SMILES string of the molecule is O=C(Oc1ccc(C(=O)c2ccc([N+](=O)[O-])cc2)cc1)c1ccc([N+](=O)[O-])cc1. The fourth-order valence-corrected chi connectivity index (χ4v) is 2.46. The molecule has 0 aromatic heterocycles. The number of non-ortho nitro benzene ring substituents is 2. The van der Waals surface area contributed by atoms with E-state index in [0.29, 0.717) is 5.56 Å². The minimum atomic E-state index is -0.700. The molecule has 3 aromatic carbocycles. The summed E-state index contributed by atoms with van der Waals surface area (Å²) in [5.41, 5.74) is 0.479. The number of ketones is 1. The third-order valence-corrected chi connectivity index (χ3v) is 3.98. The van der Waals surface area contributed by atoms with E-state index in [0.717, 1.165) is 0 Å². The Morgan fingerprint density at radius 3 is 1.41 bits per heavy atom. The van der Waals surface area contributed by atoms with E-state index in [1.165, 1.54) is 72.8 Å². The molecule has 0 atom stereocenters. The van der Waals surface area contributed by atoms with Gasteiger partial charge in [-0.1, -0.05) is 0 Å². The van der Waals surface area contributed by atoms with Crippen LogP contribution in [0.1, 0.15) is 26.3 Å². The van der Waals surface area contributed by atoms with Crippen molar-refractivity contribution in [2.75, 3.05) is 0 Å². The number of rotatable bonds is 6. The quantitative estimate of drug-likeness (QED) is 0.204. The Balaban J connectivity index is 1.69. The van der Waals surface area contributed by atoms with E-state index < -0.39 is 15.8 Å². The Labute approximate surface area is 163 Å². The highest BCUT2D eigenvalue weighted by atomic mass is 16.6. The van der Waals surface area contributed by atoms with E-state index in [2.05, 4.69) is 0 Å². The Hall–Kier alpha value is -4.40. The van der Waals surface area contributed by atoms with Gasteiger partial charge in [0, 0.05) is 35.4 Å². The number of nitro benzene ring substituents is 2. The Kier molecular flexibility index (Phi) is 5.40. The van der Waals surface area contributed by atoms with E-state index in [1.54, 1.807) is 0 Å². The largest absolute Gasteiger partial charge is 0.423 e. The van der Waals surface area contributed by atoms with Gasteiger partial charge in [0.2, 0.25) is 0 Å². The lowest BCUT2D eigenvalue weighted by atomic mass is 10.0. The van der Waals surface area contributed by atoms with Crippen LogP contribution in [0, 0.1) is 20.2 Å². The van der Waals surface area contributed by atoms with Crippen LogP contribution in [0.25, 0.3) is 0 Å². The number of ether oxygens (including phenoxy) is 1. The number of esters is 1. The lowest BCUT2D eigenvalue weighted by molar-refractivity contribution is -0.385. The summed E-state index contributed by atoms with van der Waals surface area (Å²) >= 11 is 0. The first kappa shape index (κ1) is 19.4. The van der Waals surface area contributed by atoms with Crippen molar-refractivity contribution in [3.8, 4) is 5.75 Å². The van der Waals surface area contributed by atoms with Crippen molar-refractivity contribution < 1.29 is 24.2 Å². The smallest absolute Gasteiger partial charge is 0.343 e. The van der Waals surface area contributed by atoms with E-state index in [1.807, 2.05) is 0 Å². The molecular formula is C20H12N2O7. The minimum Gasteiger partial charge on any atom is -0.423 e. The number of carbonyl (C=O) groups is 2. The Morgan fingerprint density at radius 1 is 0.621 bits per heavy atom. The van der Waals surface area contributed by atoms with E-state index >= 15 is 0 Å². The molecule has 0 N–H and O–H groups in total. The summed E-state index contributed by atoms with van der Waals surface area (Å²) in [4.78, 5) is 44.7. The molecule has 144 valence electrons. The van der Waals surface area contributed by atoms with Crippen molar-refractivity contribution in [3.05, 3.63) is 110 Å². The number of nitro groups is 2. The second-order valence-corrected chi connectivity index (χ2v) is 5.85. The zero-order valence-electron chi connectivity index (χ0n) is 14.7. The summed E-state index contributed by atoms with van der Waals surface area (Å²) in [5.74, 6) is -0.851. The lowest BCUT2D eigenvalue weighted by Crippen LogP contribution is -2.09. The maximum atomic E-state index is 12.4. The van der Waals surface area contributed by atoms with Gasteiger partial charge in [-0.2, -0.15) is 0 Å². The highest BCUT2D eigenvalue weighted by molar-refractivity contribution is 6.09. The van der Waals surface area contributed by atoms with Gasteiger partial charge in [-0.25, -0.2) is 4.79 Å². The second kappa shape index (κ2) is 8.09. The predicted molar refractivity (Wildman–Crippen MR) is 101 cm³/mol. The molecular weight excluding hydrogens is 380 g/mol. The molecule has 0 saturated heterocycles. The molecule has 3 aromatic rings. The van der Waals surface area contributed by atoms with Gasteiger partial charge in [-0.05, 0) is 48.5 Å². The van der Waals surface area contributed by atoms with Gasteiger partial charge in [0.1, 0.15) is 5.75 Å². The van der Waals surface area contributed by atoms with Gasteiger partial charge in [0.25, 0.3) is 11.4 Å². The van der Waals surface area contributed by atoms with Crippen molar-refractivity contribution in [1.82, 2.24) is 0 Å². The zero-order chi connectivity index (χ0) is 21.0. The fraction of sp³-hybridized carbons (Fsp3) is 0. The molecule has 0 spiro atoms. The molecule has 0 heterocycles. The summed E-state index contributed by atoms with van der Waals surface area (Å²) in [7, 11) is 0. The summed E-state index contributed by atoms with van der Waals surface area (Å²) < 4.78 is 5.19. The van der Waals surface area contributed by atoms with Crippen molar-refractivity contribution >= 4 is 23.1 Å². The first-order valence-electron chi connectivity index (χ1n) is 8.21. The van der Waals surface area contributed by atoms with Gasteiger partial charge >= 0.3 is 5.97 Å². The van der Waals surface area contributed by atoms with Crippen LogP contribution in [0.3, 0.4) is 0 Å². The minimum absolute atomic E-state index is 0.116. The van der Waals surface area contributed by atoms with Crippen LogP contribution in [0.4, 0.5) is 11.4 Å². The number of hydrogen-bond donors (Lipinski definition) is 0. The van der Waals surface area contributed by atoms with Gasteiger partial charge in [-0.3, -0.25) is 25.0 Å². The monoisotopic (exact) mass is 392 g/mol. The van der Waals surface area contributed by atoms with Crippen molar-refractivity contribution in [3.63, 3.8) is 0 Å². The molecule has 0 saturated carbocycles. The average Bonchev–Trinajstić information content (AvgIpc) is 2.74. The lowest BCUT2D eigenvalue weighted by Gasteiger charge is -2.06. The van der Waals surface area contributed by atoms with Crippen molar-refractivity contribution in [2.24, 2.45) is 0 Å². The number of carbonyl (C=O) groups excluding carboxylic acids is 2. The number of benzene rings is 3. The molecule has 3 rings (SSSR count). The molecule has 9 nitrogen and oxygen atoms in total. The fourth-order valence-electron chi connectivity index (χ4n) is 2.46. The van der Waals surface area contributed by atoms with E-state index in [9.17, 15) is 29.8 Å². The van der Waals surface area contributed by atoms with Gasteiger partial charge in [0.05, 0.1) is 15.4 Å². The zero-order valence-corrected chi connectivity index (χ0v) is 14.7. The summed E-state index contributed by atoms with van der Waals surface area (Å²) in [5, 5.41) is 21.3. The van der Waals surface area contributed by atoms with Gasteiger partial charge in [-0.15, -0.1) is 0 Å². The molecule has 0 aliphatic heterocycles. The first-order chi connectivity index (χ1) is 13.8. The van der Waals surface area contributed by atoms with Crippen molar-refractivity contribution in [1.29, 1.82) is 0 Å². The standard InChI is InChI=1S/C20H12N2O7/c23-19(13-1-7-16(8-2-13)21(25)26)14-5-11-18(12-6-14)29-20(24)15-3-9-17(10-4-15)22(27)28/h1-12H. The average molecular weight is 392 g/mol. The molecule has 0 aliphatic carbocycles. The molecule has 0 aliphatic rings. The molecule has 0 unspecified atom stereocenters. The third-order valence-electron chi connectivity index (χ3n) is 3.98. The second-order valence-electron chi connectivity index (χ2n) is 5.85. The summed E-state index contributed by atoms with van der Waals surface area (Å²) in [6, 6.07) is 16.0. The highest BCUT2D eigenvalue weighted by Crippen LogP contribution is 2.19. The Morgan fingerprint density at radius 2 is 1.00 bits per heavy atom. The number of hydrogen-bond acceptors (Lipinski definition) is 7. The normalized spacial score (nSPS) is 10.2. The molecule has 9 heteroatoms. The van der Waals surface area contributed by atoms with Crippen LogP contribution in [0.15, 0.2) is 72.8 Å². The molecule has 0 bridgehead atoms. The molecule has 0 radical (unpaired) electrons. The van der Waals surface area contributed by atoms with Gasteiger partial charge < -0.3 is 4.74 Å². The topological polar surface area (TPSA) is 130 Å². The molecule has 0 fully saturated rings. The number of nitrogens with zero attached hydrogens (tertiary/aromatic N) is 2. The Bertz CT molecular complexity index is 1090. The summed E-state index contributed by atoms with van der Waals surface area (Å²) in [6.45, 7) is 0. The highest BCUT2D eigenvalue weighted by Gasteiger charge is 2.14. The van der Waals surface area contributed by atoms with E-state index in [-0.39, 0.29) is 34.0 Å². The van der Waals surface area contributed by atoms with Crippen LogP contribution in [-0.4, -0.2) is 21.6 Å². The van der Waals surface area contributed by atoms with Crippen LogP contribution in [0.5, 0.6) is 5.75 Å². The predicted octanol–water partition coefficient (Wildman–Crippen LogP) is 3.95. The molecule has 0 amide bonds. The van der Waals surface area contributed by atoms with Gasteiger partial charge in [0.15, 0.2) is 5.78 Å². The van der Waals surface area contributed by atoms with Crippen LogP contribution in [-0.2, 0) is 0 Å².